The van der Waals surface area contributed by atoms with Gasteiger partial charge in [-0.15, -0.1) is 0 Å². The fraction of sp³-hybridized carbons (Fsp3) is 0.250. The van der Waals surface area contributed by atoms with Crippen molar-refractivity contribution in [3.63, 3.8) is 0 Å². The number of hydrogen-bond donors (Lipinski definition) is 1. The molecule has 21 heavy (non-hydrogen) atoms. The maximum atomic E-state index is 11.0. The van der Waals surface area contributed by atoms with Crippen LogP contribution in [0.2, 0.25) is 5.02 Å². The van der Waals surface area contributed by atoms with Crippen LogP contribution in [0.4, 0.5) is 5.69 Å². The molecule has 5 heteroatoms. The Morgan fingerprint density at radius 3 is 2.57 bits per heavy atom. The van der Waals surface area contributed by atoms with E-state index >= 15 is 0 Å². The number of nitro benzene ring substituents is 1. The van der Waals surface area contributed by atoms with Gasteiger partial charge in [0.25, 0.3) is 5.69 Å². The predicted molar refractivity (Wildman–Crippen MR) is 84.7 cm³/mol. The molecule has 0 radical (unpaired) electrons. The molecule has 0 bridgehead atoms. The average molecular weight is 305 g/mol. The molecule has 1 N–H and O–H groups in total. The zero-order chi connectivity index (χ0) is 15.2. The van der Waals surface area contributed by atoms with Gasteiger partial charge in [0, 0.05) is 22.7 Å². The maximum absolute atomic E-state index is 11.0. The van der Waals surface area contributed by atoms with E-state index in [-0.39, 0.29) is 16.7 Å². The Kier molecular flexibility index (Phi) is 5.31. The van der Waals surface area contributed by atoms with Gasteiger partial charge in [-0.25, -0.2) is 0 Å². The second-order valence-electron chi connectivity index (χ2n) is 4.83. The minimum Gasteiger partial charge on any atom is -0.310 e. The Morgan fingerprint density at radius 1 is 1.19 bits per heavy atom. The lowest BCUT2D eigenvalue weighted by Gasteiger charge is -2.15. The van der Waals surface area contributed by atoms with E-state index in [4.69, 9.17) is 11.6 Å². The minimum absolute atomic E-state index is 0.0986. The Labute approximate surface area is 128 Å². The number of nitro groups is 1. The number of halogens is 1. The third kappa shape index (κ3) is 4.03. The van der Waals surface area contributed by atoms with Crippen LogP contribution in [0.15, 0.2) is 48.5 Å². The van der Waals surface area contributed by atoms with Crippen LogP contribution in [0, 0.1) is 10.1 Å². The summed E-state index contributed by atoms with van der Waals surface area (Å²) in [5.74, 6) is 0. The molecule has 0 aromatic heterocycles. The van der Waals surface area contributed by atoms with Crippen molar-refractivity contribution >= 4 is 17.3 Å². The quantitative estimate of drug-likeness (QED) is 0.644. The molecule has 0 aliphatic heterocycles. The summed E-state index contributed by atoms with van der Waals surface area (Å²) in [6, 6.07) is 14.6. The molecule has 2 aromatic carbocycles. The average Bonchev–Trinajstić information content (AvgIpc) is 2.48. The molecule has 0 saturated carbocycles. The highest BCUT2D eigenvalue weighted by Gasteiger charge is 2.13. The van der Waals surface area contributed by atoms with Gasteiger partial charge < -0.3 is 5.32 Å². The molecule has 0 saturated heterocycles. The van der Waals surface area contributed by atoms with E-state index in [0.717, 1.165) is 16.1 Å². The van der Waals surface area contributed by atoms with Crippen molar-refractivity contribution < 1.29 is 4.92 Å². The summed E-state index contributed by atoms with van der Waals surface area (Å²) < 4.78 is 0. The first-order valence-corrected chi connectivity index (χ1v) is 7.17. The fourth-order valence-corrected chi connectivity index (χ4v) is 2.56. The van der Waals surface area contributed by atoms with Gasteiger partial charge in [-0.05, 0) is 31.5 Å². The number of benzene rings is 2. The van der Waals surface area contributed by atoms with Crippen molar-refractivity contribution in [2.24, 2.45) is 0 Å². The highest BCUT2D eigenvalue weighted by atomic mass is 35.5. The molecular weight excluding hydrogens is 288 g/mol. The van der Waals surface area contributed by atoms with E-state index in [1.807, 2.05) is 37.3 Å². The van der Waals surface area contributed by atoms with Crippen molar-refractivity contribution in [2.45, 2.75) is 19.4 Å². The molecule has 0 heterocycles. The summed E-state index contributed by atoms with van der Waals surface area (Å²) in [6.07, 6.45) is 0.603. The van der Waals surface area contributed by atoms with Crippen LogP contribution in [0.5, 0.6) is 0 Å². The number of para-hydroxylation sites is 1. The van der Waals surface area contributed by atoms with Gasteiger partial charge in [0.2, 0.25) is 0 Å². The van der Waals surface area contributed by atoms with E-state index in [9.17, 15) is 10.1 Å². The van der Waals surface area contributed by atoms with Crippen LogP contribution in [-0.4, -0.2) is 11.5 Å². The normalized spacial score (nSPS) is 12.1. The Balaban J connectivity index is 1.96. The monoisotopic (exact) mass is 304 g/mol. The third-order valence-electron chi connectivity index (χ3n) is 3.40. The number of nitrogens with zero attached hydrogens (tertiary/aromatic N) is 1. The first kappa shape index (κ1) is 15.5. The minimum atomic E-state index is -0.340. The van der Waals surface area contributed by atoms with Crippen molar-refractivity contribution in [3.8, 4) is 0 Å². The highest BCUT2D eigenvalue weighted by Crippen LogP contribution is 2.22. The van der Waals surface area contributed by atoms with Crippen molar-refractivity contribution in [1.82, 2.24) is 5.32 Å². The van der Waals surface area contributed by atoms with Gasteiger partial charge in [0.1, 0.15) is 0 Å². The van der Waals surface area contributed by atoms with E-state index in [0.29, 0.717) is 13.0 Å². The van der Waals surface area contributed by atoms with E-state index in [1.54, 1.807) is 12.1 Å². The van der Waals surface area contributed by atoms with E-state index < -0.39 is 0 Å². The lowest BCUT2D eigenvalue weighted by atomic mass is 10.1. The van der Waals surface area contributed by atoms with Crippen LogP contribution in [0.25, 0.3) is 0 Å². The SMILES string of the molecule is C[C@@H](NCCc1ccccc1[N+](=O)[O-])c1ccccc1Cl. The molecule has 110 valence electrons. The highest BCUT2D eigenvalue weighted by molar-refractivity contribution is 6.31. The molecule has 0 amide bonds. The molecule has 0 aliphatic carbocycles. The first-order valence-electron chi connectivity index (χ1n) is 6.79. The van der Waals surface area contributed by atoms with Crippen LogP contribution in [0.1, 0.15) is 24.1 Å². The second-order valence-corrected chi connectivity index (χ2v) is 5.24. The molecule has 2 aromatic rings. The first-order chi connectivity index (χ1) is 10.1. The predicted octanol–water partition coefficient (Wildman–Crippen LogP) is 4.14. The number of rotatable bonds is 6. The number of hydrogen-bond acceptors (Lipinski definition) is 3. The van der Waals surface area contributed by atoms with Gasteiger partial charge in [-0.3, -0.25) is 10.1 Å². The van der Waals surface area contributed by atoms with E-state index in [1.165, 1.54) is 6.07 Å². The van der Waals surface area contributed by atoms with Gasteiger partial charge in [0.05, 0.1) is 4.92 Å². The molecular formula is C16H17ClN2O2. The lowest BCUT2D eigenvalue weighted by Crippen LogP contribution is -2.21. The van der Waals surface area contributed by atoms with Crippen molar-refractivity contribution in [3.05, 3.63) is 74.8 Å². The van der Waals surface area contributed by atoms with Gasteiger partial charge in [-0.2, -0.15) is 0 Å². The summed E-state index contributed by atoms with van der Waals surface area (Å²) in [6.45, 7) is 2.68. The second kappa shape index (κ2) is 7.20. The van der Waals surface area contributed by atoms with Crippen molar-refractivity contribution in [1.29, 1.82) is 0 Å². The summed E-state index contributed by atoms with van der Waals surface area (Å²) >= 11 is 6.15. The smallest absolute Gasteiger partial charge is 0.272 e. The summed E-state index contributed by atoms with van der Waals surface area (Å²) in [5.41, 5.74) is 1.94. The molecule has 2 rings (SSSR count). The van der Waals surface area contributed by atoms with Crippen LogP contribution < -0.4 is 5.32 Å². The molecule has 4 nitrogen and oxygen atoms in total. The maximum Gasteiger partial charge on any atom is 0.272 e. The molecule has 1 atom stereocenters. The Hall–Kier alpha value is -1.91. The Bertz CT molecular complexity index is 631. The topological polar surface area (TPSA) is 55.2 Å². The van der Waals surface area contributed by atoms with Crippen molar-refractivity contribution in [2.75, 3.05) is 6.54 Å². The number of nitrogens with one attached hydrogen (secondary N) is 1. The van der Waals surface area contributed by atoms with Crippen LogP contribution in [-0.2, 0) is 6.42 Å². The van der Waals surface area contributed by atoms with Gasteiger partial charge >= 0.3 is 0 Å². The summed E-state index contributed by atoms with van der Waals surface area (Å²) in [4.78, 5) is 10.6. The van der Waals surface area contributed by atoms with Crippen LogP contribution >= 0.6 is 11.6 Å². The van der Waals surface area contributed by atoms with E-state index in [2.05, 4.69) is 5.32 Å². The molecule has 0 unspecified atom stereocenters. The Morgan fingerprint density at radius 2 is 1.86 bits per heavy atom. The lowest BCUT2D eigenvalue weighted by molar-refractivity contribution is -0.385. The molecule has 0 spiro atoms. The zero-order valence-electron chi connectivity index (χ0n) is 11.8. The molecule has 0 aliphatic rings. The van der Waals surface area contributed by atoms with Crippen LogP contribution in [0.3, 0.4) is 0 Å². The third-order valence-corrected chi connectivity index (χ3v) is 3.75. The largest absolute Gasteiger partial charge is 0.310 e. The van der Waals surface area contributed by atoms with Gasteiger partial charge in [-0.1, -0.05) is 48.0 Å². The molecule has 0 fully saturated rings. The summed E-state index contributed by atoms with van der Waals surface area (Å²) in [7, 11) is 0. The summed E-state index contributed by atoms with van der Waals surface area (Å²) in [5, 5.41) is 15.0. The fourth-order valence-electron chi connectivity index (χ4n) is 2.26. The zero-order valence-corrected chi connectivity index (χ0v) is 12.5. The van der Waals surface area contributed by atoms with Gasteiger partial charge in [0.15, 0.2) is 0 Å². The standard InChI is InChI=1S/C16H17ClN2O2/c1-12(14-7-3-4-8-15(14)17)18-11-10-13-6-2-5-9-16(13)19(20)21/h2-9,12,18H,10-11H2,1H3/t12-/m1/s1.